The highest BCUT2D eigenvalue weighted by molar-refractivity contribution is 7.89. The number of hydrogen-bond acceptors (Lipinski definition) is 5. The molecule has 0 bridgehead atoms. The number of sulfonamides is 1. The van der Waals surface area contributed by atoms with Gasteiger partial charge in [0, 0.05) is 19.3 Å². The van der Waals surface area contributed by atoms with Crippen molar-refractivity contribution in [1.82, 2.24) is 10.3 Å². The third-order valence-electron chi connectivity index (χ3n) is 3.53. The lowest BCUT2D eigenvalue weighted by Crippen LogP contribution is -2.24. The fourth-order valence-corrected chi connectivity index (χ4v) is 2.67. The fraction of sp³-hybridized carbons (Fsp3) is 0.294. The summed E-state index contributed by atoms with van der Waals surface area (Å²) in [6.07, 6.45) is 3.12. The molecule has 2 rings (SSSR count). The highest BCUT2D eigenvalue weighted by Gasteiger charge is 2.07. The van der Waals surface area contributed by atoms with E-state index in [1.165, 1.54) is 18.3 Å². The Balaban J connectivity index is 1.84. The first-order chi connectivity index (χ1) is 11.9. The lowest BCUT2D eigenvalue weighted by molar-refractivity contribution is 0.0953. The summed E-state index contributed by atoms with van der Waals surface area (Å²) in [5, 5.41) is 11.0. The van der Waals surface area contributed by atoms with Gasteiger partial charge < -0.3 is 10.6 Å². The van der Waals surface area contributed by atoms with Crippen molar-refractivity contribution >= 4 is 21.7 Å². The minimum Gasteiger partial charge on any atom is -0.370 e. The topological polar surface area (TPSA) is 114 Å². The highest BCUT2D eigenvalue weighted by Crippen LogP contribution is 2.10. The lowest BCUT2D eigenvalue weighted by atomic mass is 10.1. The standard InChI is InChI=1S/C17H22N4O3S/c1-2-10-20-17(22)14-5-8-16(21-12-14)19-11-9-13-3-6-15(7-4-13)25(18,23)24/h3-8,12H,2,9-11H2,1H3,(H,19,21)(H,20,22)(H2,18,23,24). The number of nitrogens with one attached hydrogen (secondary N) is 2. The van der Waals surface area contributed by atoms with Crippen LogP contribution >= 0.6 is 0 Å². The van der Waals surface area contributed by atoms with Crippen LogP contribution in [0.25, 0.3) is 0 Å². The third kappa shape index (κ3) is 5.84. The zero-order valence-electron chi connectivity index (χ0n) is 14.0. The fourth-order valence-electron chi connectivity index (χ4n) is 2.15. The molecule has 0 aliphatic carbocycles. The maximum Gasteiger partial charge on any atom is 0.252 e. The van der Waals surface area contributed by atoms with Crippen LogP contribution in [0.2, 0.25) is 0 Å². The van der Waals surface area contributed by atoms with Gasteiger partial charge in [-0.1, -0.05) is 19.1 Å². The molecule has 0 aliphatic heterocycles. The van der Waals surface area contributed by atoms with E-state index in [-0.39, 0.29) is 10.8 Å². The second-order valence-electron chi connectivity index (χ2n) is 5.55. The van der Waals surface area contributed by atoms with Gasteiger partial charge in [-0.2, -0.15) is 0 Å². The monoisotopic (exact) mass is 362 g/mol. The summed E-state index contributed by atoms with van der Waals surface area (Å²) in [4.78, 5) is 16.1. The van der Waals surface area contributed by atoms with E-state index in [0.717, 1.165) is 12.0 Å². The van der Waals surface area contributed by atoms with Crippen LogP contribution < -0.4 is 15.8 Å². The predicted octanol–water partition coefficient (Wildman–Crippen LogP) is 1.52. The summed E-state index contributed by atoms with van der Waals surface area (Å²) >= 11 is 0. The maximum atomic E-state index is 11.8. The van der Waals surface area contributed by atoms with E-state index in [4.69, 9.17) is 5.14 Å². The molecule has 0 radical (unpaired) electrons. The molecule has 0 spiro atoms. The Kier molecular flexibility index (Phi) is 6.49. The van der Waals surface area contributed by atoms with Gasteiger partial charge >= 0.3 is 0 Å². The first-order valence-electron chi connectivity index (χ1n) is 8.00. The van der Waals surface area contributed by atoms with Gasteiger partial charge in [-0.25, -0.2) is 18.5 Å². The molecule has 0 aliphatic rings. The van der Waals surface area contributed by atoms with Crippen LogP contribution in [0.15, 0.2) is 47.5 Å². The molecule has 0 fully saturated rings. The number of pyridine rings is 1. The quantitative estimate of drug-likeness (QED) is 0.659. The average molecular weight is 362 g/mol. The van der Waals surface area contributed by atoms with Crippen molar-refractivity contribution in [2.75, 3.05) is 18.4 Å². The Morgan fingerprint density at radius 2 is 1.84 bits per heavy atom. The number of anilines is 1. The Labute approximate surface area is 147 Å². The lowest BCUT2D eigenvalue weighted by Gasteiger charge is -2.07. The van der Waals surface area contributed by atoms with E-state index >= 15 is 0 Å². The van der Waals surface area contributed by atoms with Crippen LogP contribution in [-0.2, 0) is 16.4 Å². The van der Waals surface area contributed by atoms with E-state index in [1.807, 2.05) is 6.92 Å². The summed E-state index contributed by atoms with van der Waals surface area (Å²) in [6, 6.07) is 9.93. The minimum absolute atomic E-state index is 0.0998. The number of amides is 1. The Morgan fingerprint density at radius 1 is 1.12 bits per heavy atom. The van der Waals surface area contributed by atoms with Crippen molar-refractivity contribution in [3.05, 3.63) is 53.7 Å². The largest absolute Gasteiger partial charge is 0.370 e. The van der Waals surface area contributed by atoms with Gasteiger partial charge in [0.1, 0.15) is 5.82 Å². The molecule has 8 heteroatoms. The van der Waals surface area contributed by atoms with Gasteiger partial charge in [0.15, 0.2) is 0 Å². The van der Waals surface area contributed by atoms with Crippen LogP contribution in [-0.4, -0.2) is 32.4 Å². The molecular formula is C17H22N4O3S. The molecule has 0 unspecified atom stereocenters. The Bertz CT molecular complexity index is 803. The van der Waals surface area contributed by atoms with Gasteiger partial charge in [-0.15, -0.1) is 0 Å². The van der Waals surface area contributed by atoms with Crippen molar-refractivity contribution in [3.63, 3.8) is 0 Å². The minimum atomic E-state index is -3.66. The van der Waals surface area contributed by atoms with E-state index in [9.17, 15) is 13.2 Å². The second-order valence-corrected chi connectivity index (χ2v) is 7.12. The summed E-state index contributed by atoms with van der Waals surface area (Å²) < 4.78 is 22.4. The van der Waals surface area contributed by atoms with Gasteiger partial charge in [0.25, 0.3) is 5.91 Å². The summed E-state index contributed by atoms with van der Waals surface area (Å²) in [7, 11) is -3.66. The number of benzene rings is 1. The number of hydrogen-bond donors (Lipinski definition) is 3. The number of carbonyl (C=O) groups excluding carboxylic acids is 1. The Hall–Kier alpha value is -2.45. The molecule has 4 N–H and O–H groups in total. The van der Waals surface area contributed by atoms with E-state index in [2.05, 4.69) is 15.6 Å². The predicted molar refractivity (Wildman–Crippen MR) is 96.9 cm³/mol. The number of nitrogens with zero attached hydrogens (tertiary/aromatic N) is 1. The summed E-state index contributed by atoms with van der Waals surface area (Å²) in [5.74, 6) is 0.545. The van der Waals surface area contributed by atoms with Gasteiger partial charge in [-0.3, -0.25) is 4.79 Å². The van der Waals surface area contributed by atoms with Crippen molar-refractivity contribution in [1.29, 1.82) is 0 Å². The average Bonchev–Trinajstić information content (AvgIpc) is 2.60. The van der Waals surface area contributed by atoms with Crippen molar-refractivity contribution < 1.29 is 13.2 Å². The highest BCUT2D eigenvalue weighted by atomic mass is 32.2. The van der Waals surface area contributed by atoms with Gasteiger partial charge in [-0.05, 0) is 42.7 Å². The van der Waals surface area contributed by atoms with Crippen LogP contribution in [0.5, 0.6) is 0 Å². The number of nitrogens with two attached hydrogens (primary N) is 1. The van der Waals surface area contributed by atoms with E-state index in [1.54, 1.807) is 24.3 Å². The maximum absolute atomic E-state index is 11.8. The first-order valence-corrected chi connectivity index (χ1v) is 9.54. The van der Waals surface area contributed by atoms with Crippen molar-refractivity contribution in [2.45, 2.75) is 24.7 Å². The number of aromatic nitrogens is 1. The molecule has 0 saturated carbocycles. The second kappa shape index (κ2) is 8.59. The van der Waals surface area contributed by atoms with Gasteiger partial charge in [0.2, 0.25) is 10.0 Å². The normalized spacial score (nSPS) is 11.1. The SMILES string of the molecule is CCCNC(=O)c1ccc(NCCc2ccc(S(N)(=O)=O)cc2)nc1. The molecule has 1 heterocycles. The van der Waals surface area contributed by atoms with Crippen molar-refractivity contribution in [3.8, 4) is 0 Å². The van der Waals surface area contributed by atoms with Crippen molar-refractivity contribution in [2.24, 2.45) is 5.14 Å². The van der Waals surface area contributed by atoms with E-state index < -0.39 is 10.0 Å². The molecule has 1 aromatic carbocycles. The zero-order chi connectivity index (χ0) is 18.3. The number of carbonyl (C=O) groups is 1. The Morgan fingerprint density at radius 3 is 2.40 bits per heavy atom. The van der Waals surface area contributed by atoms with Crippen LogP contribution in [0.1, 0.15) is 29.3 Å². The summed E-state index contributed by atoms with van der Waals surface area (Å²) in [6.45, 7) is 3.26. The molecule has 1 aromatic heterocycles. The van der Waals surface area contributed by atoms with Crippen LogP contribution in [0, 0.1) is 0 Å². The molecule has 1 amide bonds. The molecule has 7 nitrogen and oxygen atoms in total. The summed E-state index contributed by atoms with van der Waals surface area (Å²) in [5.41, 5.74) is 1.51. The van der Waals surface area contributed by atoms with Crippen LogP contribution in [0.3, 0.4) is 0 Å². The van der Waals surface area contributed by atoms with E-state index in [0.29, 0.717) is 30.9 Å². The molecule has 134 valence electrons. The molecule has 2 aromatic rings. The molecule has 0 saturated heterocycles. The zero-order valence-corrected chi connectivity index (χ0v) is 14.8. The molecule has 0 atom stereocenters. The smallest absolute Gasteiger partial charge is 0.252 e. The van der Waals surface area contributed by atoms with Crippen LogP contribution in [0.4, 0.5) is 5.82 Å². The van der Waals surface area contributed by atoms with Gasteiger partial charge in [0.05, 0.1) is 10.5 Å². The number of primary sulfonamides is 1. The number of rotatable bonds is 8. The molecular weight excluding hydrogens is 340 g/mol. The third-order valence-corrected chi connectivity index (χ3v) is 4.46. The first kappa shape index (κ1) is 18.9. The molecule has 25 heavy (non-hydrogen) atoms.